The number of fused-ring (bicyclic) bond motifs is 4. The lowest BCUT2D eigenvalue weighted by Crippen LogP contribution is -2.10. The molecular formula is C55H36N4O. The van der Waals surface area contributed by atoms with E-state index in [-0.39, 0.29) is 0 Å². The van der Waals surface area contributed by atoms with Crippen molar-refractivity contribution in [3.8, 4) is 56.4 Å². The van der Waals surface area contributed by atoms with Gasteiger partial charge in [0.1, 0.15) is 11.2 Å². The maximum absolute atomic E-state index is 6.72. The zero-order valence-corrected chi connectivity index (χ0v) is 32.5. The van der Waals surface area contributed by atoms with E-state index in [1.807, 2.05) is 66.7 Å². The first kappa shape index (κ1) is 35.0. The highest BCUT2D eigenvalue weighted by molar-refractivity contribution is 6.14. The highest BCUT2D eigenvalue weighted by atomic mass is 16.3. The fraction of sp³-hybridized carbons (Fsp3) is 0. The van der Waals surface area contributed by atoms with Gasteiger partial charge in [0.2, 0.25) is 0 Å². The molecule has 0 atom stereocenters. The van der Waals surface area contributed by atoms with E-state index in [0.29, 0.717) is 17.5 Å². The van der Waals surface area contributed by atoms with E-state index in [2.05, 4.69) is 157 Å². The van der Waals surface area contributed by atoms with Gasteiger partial charge in [0.25, 0.3) is 0 Å². The normalized spacial score (nSPS) is 11.3. The summed E-state index contributed by atoms with van der Waals surface area (Å²) >= 11 is 0. The van der Waals surface area contributed by atoms with Gasteiger partial charge >= 0.3 is 0 Å². The summed E-state index contributed by atoms with van der Waals surface area (Å²) in [7, 11) is 0. The van der Waals surface area contributed by atoms with Crippen LogP contribution in [0.15, 0.2) is 223 Å². The van der Waals surface area contributed by atoms with E-state index in [1.54, 1.807) is 0 Å². The van der Waals surface area contributed by atoms with Gasteiger partial charge in [-0.15, -0.1) is 0 Å². The lowest BCUT2D eigenvalue weighted by atomic mass is 9.94. The SMILES string of the molecule is c1ccc(-c2ccc(N(c3ccccc3)c3cccc4oc5cc(-c6ccc(-c7nc(-c8ccccc8)nc(-c8ccccc8)n7)c7ccccc67)ccc5c34)cc2)cc1. The molecule has 0 radical (unpaired) electrons. The second-order valence-electron chi connectivity index (χ2n) is 14.8. The molecule has 0 spiro atoms. The van der Waals surface area contributed by atoms with Crippen LogP contribution in [0, 0.1) is 0 Å². The fourth-order valence-corrected chi connectivity index (χ4v) is 8.27. The van der Waals surface area contributed by atoms with Gasteiger partial charge in [-0.2, -0.15) is 0 Å². The van der Waals surface area contributed by atoms with Crippen LogP contribution in [0.3, 0.4) is 0 Å². The first-order valence-electron chi connectivity index (χ1n) is 20.1. The quantitative estimate of drug-likeness (QED) is 0.154. The number of para-hydroxylation sites is 1. The van der Waals surface area contributed by atoms with Crippen molar-refractivity contribution < 1.29 is 4.42 Å². The molecular weight excluding hydrogens is 733 g/mol. The van der Waals surface area contributed by atoms with Gasteiger partial charge in [0.15, 0.2) is 17.5 Å². The standard InChI is InChI=1S/C55H36N4O/c1-5-16-37(17-6-1)38-28-31-43(32-29-38)59(42-22-11-4-12-23-42)49-26-15-27-50-52(49)48-33-30-41(36-51(48)60-50)44-34-35-47(46-25-14-13-24-45(44)46)55-57-53(39-18-7-2-8-19-39)56-54(58-55)40-20-9-3-10-21-40/h1-36H. The smallest absolute Gasteiger partial charge is 0.164 e. The van der Waals surface area contributed by atoms with Crippen LogP contribution in [0.1, 0.15) is 0 Å². The van der Waals surface area contributed by atoms with E-state index >= 15 is 0 Å². The maximum Gasteiger partial charge on any atom is 0.164 e. The lowest BCUT2D eigenvalue weighted by Gasteiger charge is -2.26. The Bertz CT molecular complexity index is 3240. The van der Waals surface area contributed by atoms with E-state index in [4.69, 9.17) is 19.4 Å². The van der Waals surface area contributed by atoms with Crippen molar-refractivity contribution in [2.24, 2.45) is 0 Å². The number of aromatic nitrogens is 3. The number of benzene rings is 9. The third kappa shape index (κ3) is 6.35. The Labute approximate surface area is 347 Å². The second-order valence-corrected chi connectivity index (χ2v) is 14.8. The Morgan fingerprint density at radius 2 is 0.817 bits per heavy atom. The average Bonchev–Trinajstić information content (AvgIpc) is 3.71. The van der Waals surface area contributed by atoms with Gasteiger partial charge in [-0.05, 0) is 87.6 Å². The van der Waals surface area contributed by atoms with Gasteiger partial charge in [0.05, 0.1) is 11.1 Å². The lowest BCUT2D eigenvalue weighted by molar-refractivity contribution is 0.669. The zero-order valence-electron chi connectivity index (χ0n) is 32.5. The monoisotopic (exact) mass is 768 g/mol. The third-order valence-electron chi connectivity index (χ3n) is 11.1. The molecule has 2 heterocycles. The fourth-order valence-electron chi connectivity index (χ4n) is 8.27. The molecule has 2 aromatic heterocycles. The summed E-state index contributed by atoms with van der Waals surface area (Å²) in [6, 6.07) is 75.7. The molecule has 0 aliphatic rings. The number of hydrogen-bond acceptors (Lipinski definition) is 5. The van der Waals surface area contributed by atoms with Gasteiger partial charge in [-0.1, -0.05) is 164 Å². The topological polar surface area (TPSA) is 55.1 Å². The highest BCUT2D eigenvalue weighted by Crippen LogP contribution is 2.44. The molecule has 0 bridgehead atoms. The van der Waals surface area contributed by atoms with Gasteiger partial charge in [0, 0.05) is 33.5 Å². The number of anilines is 3. The molecule has 5 nitrogen and oxygen atoms in total. The summed E-state index contributed by atoms with van der Waals surface area (Å²) < 4.78 is 6.72. The molecule has 0 unspecified atom stereocenters. The van der Waals surface area contributed by atoms with Crippen molar-refractivity contribution in [3.05, 3.63) is 218 Å². The Morgan fingerprint density at radius 1 is 0.317 bits per heavy atom. The summed E-state index contributed by atoms with van der Waals surface area (Å²) in [6.07, 6.45) is 0. The van der Waals surface area contributed by atoms with Gasteiger partial charge < -0.3 is 9.32 Å². The molecule has 5 heteroatoms. The van der Waals surface area contributed by atoms with Crippen LogP contribution in [-0.2, 0) is 0 Å². The maximum atomic E-state index is 6.72. The van der Waals surface area contributed by atoms with Crippen molar-refractivity contribution >= 4 is 49.8 Å². The second kappa shape index (κ2) is 15.0. The number of furan rings is 1. The van der Waals surface area contributed by atoms with E-state index in [0.717, 1.165) is 77.6 Å². The Hall–Kier alpha value is -8.15. The van der Waals surface area contributed by atoms with Crippen LogP contribution < -0.4 is 4.90 Å². The van der Waals surface area contributed by atoms with Crippen LogP contribution >= 0.6 is 0 Å². The van der Waals surface area contributed by atoms with Crippen molar-refractivity contribution in [2.75, 3.05) is 4.90 Å². The van der Waals surface area contributed by atoms with E-state index in [1.165, 1.54) is 11.1 Å². The van der Waals surface area contributed by atoms with Crippen molar-refractivity contribution in [2.45, 2.75) is 0 Å². The molecule has 11 rings (SSSR count). The number of nitrogens with zero attached hydrogens (tertiary/aromatic N) is 4. The number of hydrogen-bond donors (Lipinski definition) is 0. The van der Waals surface area contributed by atoms with Crippen LogP contribution in [-0.4, -0.2) is 15.0 Å². The predicted octanol–water partition coefficient (Wildman–Crippen LogP) is 14.7. The highest BCUT2D eigenvalue weighted by Gasteiger charge is 2.21. The summed E-state index contributed by atoms with van der Waals surface area (Å²) in [5, 5.41) is 4.28. The van der Waals surface area contributed by atoms with Crippen LogP contribution in [0.25, 0.3) is 89.1 Å². The minimum absolute atomic E-state index is 0.628. The van der Waals surface area contributed by atoms with Gasteiger partial charge in [-0.3, -0.25) is 0 Å². The summed E-state index contributed by atoms with van der Waals surface area (Å²) in [4.78, 5) is 17.4. The number of rotatable bonds is 8. The Balaban J connectivity index is 1.02. The molecule has 0 amide bonds. The first-order chi connectivity index (χ1) is 29.7. The first-order valence-corrected chi connectivity index (χ1v) is 20.1. The minimum atomic E-state index is 0.628. The third-order valence-corrected chi connectivity index (χ3v) is 11.1. The van der Waals surface area contributed by atoms with Crippen LogP contribution in [0.5, 0.6) is 0 Å². The zero-order chi connectivity index (χ0) is 39.8. The van der Waals surface area contributed by atoms with Crippen molar-refractivity contribution in [1.29, 1.82) is 0 Å². The summed E-state index contributed by atoms with van der Waals surface area (Å²) in [5.41, 5.74) is 12.2. The molecule has 0 N–H and O–H groups in total. The van der Waals surface area contributed by atoms with E-state index in [9.17, 15) is 0 Å². The Kier molecular flexibility index (Phi) is 8.75. The Morgan fingerprint density at radius 3 is 1.47 bits per heavy atom. The molecule has 60 heavy (non-hydrogen) atoms. The predicted molar refractivity (Wildman–Crippen MR) is 246 cm³/mol. The average molecular weight is 769 g/mol. The van der Waals surface area contributed by atoms with Crippen LogP contribution in [0.2, 0.25) is 0 Å². The molecule has 0 saturated heterocycles. The minimum Gasteiger partial charge on any atom is -0.456 e. The molecule has 0 aliphatic carbocycles. The van der Waals surface area contributed by atoms with Crippen molar-refractivity contribution in [1.82, 2.24) is 15.0 Å². The summed E-state index contributed by atoms with van der Waals surface area (Å²) in [5.74, 6) is 1.90. The molecule has 11 aromatic rings. The van der Waals surface area contributed by atoms with E-state index < -0.39 is 0 Å². The largest absolute Gasteiger partial charge is 0.456 e. The molecule has 0 fully saturated rings. The summed E-state index contributed by atoms with van der Waals surface area (Å²) in [6.45, 7) is 0. The van der Waals surface area contributed by atoms with Gasteiger partial charge in [-0.25, -0.2) is 15.0 Å². The van der Waals surface area contributed by atoms with Crippen molar-refractivity contribution in [3.63, 3.8) is 0 Å². The van der Waals surface area contributed by atoms with Crippen LogP contribution in [0.4, 0.5) is 17.1 Å². The molecule has 282 valence electrons. The molecule has 0 saturated carbocycles. The molecule has 9 aromatic carbocycles. The molecule has 0 aliphatic heterocycles.